The highest BCUT2D eigenvalue weighted by Gasteiger charge is 2.32. The van der Waals surface area contributed by atoms with Gasteiger partial charge in [-0.3, -0.25) is 0 Å². The molecule has 0 bridgehead atoms. The molecule has 0 aliphatic carbocycles. The summed E-state index contributed by atoms with van der Waals surface area (Å²) in [6, 6.07) is 3.52. The summed E-state index contributed by atoms with van der Waals surface area (Å²) in [4.78, 5) is 0. The van der Waals surface area contributed by atoms with Crippen LogP contribution in [-0.2, 0) is 12.9 Å². The van der Waals surface area contributed by atoms with E-state index in [1.807, 2.05) is 0 Å². The van der Waals surface area contributed by atoms with Gasteiger partial charge >= 0.3 is 6.18 Å². The largest absolute Gasteiger partial charge is 0.416 e. The summed E-state index contributed by atoms with van der Waals surface area (Å²) in [5, 5.41) is 0. The molecule has 0 radical (unpaired) electrons. The average Bonchev–Trinajstić information content (AvgIpc) is 2.02. The zero-order valence-electron chi connectivity index (χ0n) is 6.95. The van der Waals surface area contributed by atoms with E-state index < -0.39 is 18.4 Å². The van der Waals surface area contributed by atoms with Crippen LogP contribution in [0.15, 0.2) is 18.2 Å². The molecule has 1 aromatic carbocycles. The van der Waals surface area contributed by atoms with Crippen molar-refractivity contribution in [1.82, 2.24) is 0 Å². The van der Waals surface area contributed by atoms with Crippen LogP contribution in [0, 0.1) is 6.92 Å². The first kappa shape index (κ1) is 10.0. The standard InChI is InChI=1S/C9H8F4/c1-6-7(5-10)3-2-4-8(6)9(11,12)13/h2-4H,5H2,1H3. The molecule has 0 saturated heterocycles. The van der Waals surface area contributed by atoms with Crippen molar-refractivity contribution in [2.45, 2.75) is 19.8 Å². The molecular weight excluding hydrogens is 184 g/mol. The third kappa shape index (κ3) is 1.99. The Kier molecular flexibility index (Phi) is 2.59. The molecule has 1 rings (SSSR count). The summed E-state index contributed by atoms with van der Waals surface area (Å²) in [7, 11) is 0. The third-order valence-electron chi connectivity index (χ3n) is 1.90. The molecule has 0 aliphatic heterocycles. The first-order valence-electron chi connectivity index (χ1n) is 3.68. The lowest BCUT2D eigenvalue weighted by Crippen LogP contribution is -2.08. The third-order valence-corrected chi connectivity index (χ3v) is 1.90. The van der Waals surface area contributed by atoms with Gasteiger partial charge in [-0.1, -0.05) is 12.1 Å². The van der Waals surface area contributed by atoms with Gasteiger partial charge in [0.25, 0.3) is 0 Å². The van der Waals surface area contributed by atoms with Crippen molar-refractivity contribution < 1.29 is 17.6 Å². The quantitative estimate of drug-likeness (QED) is 0.597. The van der Waals surface area contributed by atoms with Crippen LogP contribution in [0.5, 0.6) is 0 Å². The molecule has 0 nitrogen and oxygen atoms in total. The number of alkyl halides is 4. The molecule has 0 unspecified atom stereocenters. The molecule has 72 valence electrons. The molecular formula is C9H8F4. The maximum Gasteiger partial charge on any atom is 0.416 e. The SMILES string of the molecule is Cc1c(CF)cccc1C(F)(F)F. The second kappa shape index (κ2) is 3.36. The van der Waals surface area contributed by atoms with Crippen LogP contribution in [0.25, 0.3) is 0 Å². The Labute approximate surface area is 73.2 Å². The van der Waals surface area contributed by atoms with Crippen molar-refractivity contribution in [3.05, 3.63) is 34.9 Å². The van der Waals surface area contributed by atoms with Crippen LogP contribution < -0.4 is 0 Å². The molecule has 0 atom stereocenters. The monoisotopic (exact) mass is 192 g/mol. The van der Waals surface area contributed by atoms with Crippen molar-refractivity contribution in [1.29, 1.82) is 0 Å². The summed E-state index contributed by atoms with van der Waals surface area (Å²) < 4.78 is 48.9. The predicted molar refractivity (Wildman–Crippen MR) is 41.0 cm³/mol. The molecule has 1 aromatic rings. The molecule has 0 fully saturated rings. The molecule has 0 saturated carbocycles. The molecule has 0 amide bonds. The summed E-state index contributed by atoms with van der Waals surface area (Å²) in [5.74, 6) is 0. The van der Waals surface area contributed by atoms with Gasteiger partial charge in [0, 0.05) is 0 Å². The molecule has 4 heteroatoms. The summed E-state index contributed by atoms with van der Waals surface area (Å²) in [5.41, 5.74) is -0.699. The summed E-state index contributed by atoms with van der Waals surface area (Å²) in [6.45, 7) is 0.410. The molecule has 0 heterocycles. The van der Waals surface area contributed by atoms with E-state index >= 15 is 0 Å². The van der Waals surface area contributed by atoms with E-state index in [4.69, 9.17) is 0 Å². The molecule has 13 heavy (non-hydrogen) atoms. The Bertz CT molecular complexity index is 301. The number of benzene rings is 1. The van der Waals surface area contributed by atoms with Crippen LogP contribution >= 0.6 is 0 Å². The fraction of sp³-hybridized carbons (Fsp3) is 0.333. The highest BCUT2D eigenvalue weighted by molar-refractivity contribution is 5.35. The Morgan fingerprint density at radius 1 is 1.23 bits per heavy atom. The van der Waals surface area contributed by atoms with E-state index in [2.05, 4.69) is 0 Å². The van der Waals surface area contributed by atoms with E-state index in [1.165, 1.54) is 19.1 Å². The Hall–Kier alpha value is -1.06. The zero-order valence-corrected chi connectivity index (χ0v) is 6.95. The molecule has 0 N–H and O–H groups in total. The van der Waals surface area contributed by atoms with Gasteiger partial charge < -0.3 is 0 Å². The first-order chi connectivity index (χ1) is 5.96. The Morgan fingerprint density at radius 3 is 2.31 bits per heavy atom. The van der Waals surface area contributed by atoms with Crippen LogP contribution in [0.2, 0.25) is 0 Å². The lowest BCUT2D eigenvalue weighted by atomic mass is 10.0. The van der Waals surface area contributed by atoms with Gasteiger partial charge in [0.15, 0.2) is 0 Å². The number of hydrogen-bond acceptors (Lipinski definition) is 0. The maximum atomic E-state index is 12.2. The maximum absolute atomic E-state index is 12.2. The van der Waals surface area contributed by atoms with Crippen molar-refractivity contribution in [3.63, 3.8) is 0 Å². The second-order valence-corrected chi connectivity index (χ2v) is 2.72. The molecule has 0 aliphatic rings. The summed E-state index contributed by atoms with van der Waals surface area (Å²) in [6.07, 6.45) is -4.39. The van der Waals surface area contributed by atoms with E-state index in [0.717, 1.165) is 6.07 Å². The lowest BCUT2D eigenvalue weighted by Gasteiger charge is -2.11. The van der Waals surface area contributed by atoms with Crippen LogP contribution in [0.3, 0.4) is 0 Å². The number of hydrogen-bond donors (Lipinski definition) is 0. The van der Waals surface area contributed by atoms with E-state index in [9.17, 15) is 17.6 Å². The second-order valence-electron chi connectivity index (χ2n) is 2.72. The van der Waals surface area contributed by atoms with Crippen molar-refractivity contribution >= 4 is 0 Å². The highest BCUT2D eigenvalue weighted by Crippen LogP contribution is 2.32. The van der Waals surface area contributed by atoms with Gasteiger partial charge in [-0.15, -0.1) is 0 Å². The molecule has 0 spiro atoms. The predicted octanol–water partition coefficient (Wildman–Crippen LogP) is 3.48. The van der Waals surface area contributed by atoms with E-state index in [1.54, 1.807) is 0 Å². The minimum atomic E-state index is -4.39. The normalized spacial score (nSPS) is 11.8. The topological polar surface area (TPSA) is 0 Å². The van der Waals surface area contributed by atoms with Gasteiger partial charge in [-0.25, -0.2) is 4.39 Å². The lowest BCUT2D eigenvalue weighted by molar-refractivity contribution is -0.138. The highest BCUT2D eigenvalue weighted by atomic mass is 19.4. The van der Waals surface area contributed by atoms with E-state index in [0.29, 0.717) is 0 Å². The summed E-state index contributed by atoms with van der Waals surface area (Å²) >= 11 is 0. The Morgan fingerprint density at radius 2 is 1.85 bits per heavy atom. The minimum Gasteiger partial charge on any atom is -0.246 e. The van der Waals surface area contributed by atoms with Crippen LogP contribution in [0.4, 0.5) is 17.6 Å². The van der Waals surface area contributed by atoms with Crippen molar-refractivity contribution in [2.75, 3.05) is 0 Å². The Balaban J connectivity index is 3.24. The van der Waals surface area contributed by atoms with Gasteiger partial charge in [-0.05, 0) is 24.1 Å². The minimum absolute atomic E-state index is 0.0301. The van der Waals surface area contributed by atoms with Gasteiger partial charge in [0.1, 0.15) is 6.67 Å². The van der Waals surface area contributed by atoms with Crippen LogP contribution in [-0.4, -0.2) is 0 Å². The van der Waals surface area contributed by atoms with Gasteiger partial charge in [0.2, 0.25) is 0 Å². The van der Waals surface area contributed by atoms with Gasteiger partial charge in [0.05, 0.1) is 5.56 Å². The van der Waals surface area contributed by atoms with E-state index in [-0.39, 0.29) is 11.1 Å². The van der Waals surface area contributed by atoms with Crippen LogP contribution in [0.1, 0.15) is 16.7 Å². The number of rotatable bonds is 1. The van der Waals surface area contributed by atoms with Gasteiger partial charge in [-0.2, -0.15) is 13.2 Å². The fourth-order valence-corrected chi connectivity index (χ4v) is 1.14. The smallest absolute Gasteiger partial charge is 0.246 e. The fourth-order valence-electron chi connectivity index (χ4n) is 1.14. The zero-order chi connectivity index (χ0) is 10.1. The number of halogens is 4. The average molecular weight is 192 g/mol. The first-order valence-corrected chi connectivity index (χ1v) is 3.68. The van der Waals surface area contributed by atoms with Crippen molar-refractivity contribution in [2.24, 2.45) is 0 Å². The van der Waals surface area contributed by atoms with Crippen molar-refractivity contribution in [3.8, 4) is 0 Å². The molecule has 0 aromatic heterocycles.